The lowest BCUT2D eigenvalue weighted by Crippen LogP contribution is -2.48. The average molecular weight is 390 g/mol. The van der Waals surface area contributed by atoms with Crippen molar-refractivity contribution in [3.05, 3.63) is 47.9 Å². The van der Waals surface area contributed by atoms with E-state index < -0.39 is 15.6 Å². The van der Waals surface area contributed by atoms with Gasteiger partial charge in [0.1, 0.15) is 0 Å². The van der Waals surface area contributed by atoms with Gasteiger partial charge in [0.15, 0.2) is 0 Å². The van der Waals surface area contributed by atoms with Crippen molar-refractivity contribution in [1.29, 1.82) is 0 Å². The molecule has 1 amide bonds. The van der Waals surface area contributed by atoms with Crippen LogP contribution in [-0.2, 0) is 15.6 Å². The number of carbonyl (C=O) groups is 1. The number of nitrogens with zero attached hydrogens (tertiary/aromatic N) is 4. The van der Waals surface area contributed by atoms with Gasteiger partial charge in [-0.05, 0) is 32.1 Å². The fourth-order valence-electron chi connectivity index (χ4n) is 4.06. The molecule has 3 heterocycles. The first-order valence-electron chi connectivity index (χ1n) is 8.83. The van der Waals surface area contributed by atoms with E-state index in [4.69, 9.17) is 4.52 Å². The fourth-order valence-corrected chi connectivity index (χ4v) is 6.11. The zero-order chi connectivity index (χ0) is 19.2. The van der Waals surface area contributed by atoms with E-state index in [2.05, 4.69) is 5.16 Å². The van der Waals surface area contributed by atoms with Crippen LogP contribution in [-0.4, -0.2) is 73.9 Å². The molecule has 1 atom stereocenters. The minimum absolute atomic E-state index is 0.168. The fraction of sp³-hybridized carbons (Fsp3) is 0.444. The Hall–Kier alpha value is -2.23. The molecule has 0 N–H and O–H groups in total. The maximum Gasteiger partial charge on any atom is 0.292 e. The molecule has 0 aliphatic carbocycles. The molecule has 0 radical (unpaired) electrons. The van der Waals surface area contributed by atoms with Gasteiger partial charge in [-0.3, -0.25) is 4.79 Å². The highest BCUT2D eigenvalue weighted by atomic mass is 32.2. The highest BCUT2D eigenvalue weighted by Gasteiger charge is 2.57. The summed E-state index contributed by atoms with van der Waals surface area (Å²) in [4.78, 5) is 16.7. The van der Waals surface area contributed by atoms with E-state index in [1.807, 2.05) is 31.1 Å². The Balaban J connectivity index is 1.73. The number of carbonyl (C=O) groups excluding carboxylic acids is 1. The van der Waals surface area contributed by atoms with Gasteiger partial charge in [-0.1, -0.05) is 23.4 Å². The molecule has 0 saturated carbocycles. The third-order valence-corrected chi connectivity index (χ3v) is 7.39. The maximum atomic E-state index is 13.2. The molecule has 1 aromatic carbocycles. The molecule has 1 unspecified atom stereocenters. The summed E-state index contributed by atoms with van der Waals surface area (Å²) in [6.07, 6.45) is 1.98. The minimum Gasteiger partial charge on any atom is -0.351 e. The summed E-state index contributed by atoms with van der Waals surface area (Å²) in [5.74, 6) is -0.0975. The molecule has 1 spiro atoms. The molecule has 4 rings (SSSR count). The standard InChI is InChI=1S/C18H22N4O4S/c1-20(2)11-12-22-18(14-5-3-4-6-16(14)27(22,24)25)8-10-21(13-18)17(23)15-7-9-19-26-15/h3-7,9H,8,10-13H2,1-2H3. The van der Waals surface area contributed by atoms with Crippen molar-refractivity contribution < 1.29 is 17.7 Å². The molecular formula is C18H22N4O4S. The van der Waals surface area contributed by atoms with Crippen LogP contribution in [0.25, 0.3) is 0 Å². The van der Waals surface area contributed by atoms with Crippen molar-refractivity contribution >= 4 is 15.9 Å². The lowest BCUT2D eigenvalue weighted by atomic mass is 9.89. The van der Waals surface area contributed by atoms with E-state index in [0.717, 1.165) is 5.56 Å². The monoisotopic (exact) mass is 390 g/mol. The van der Waals surface area contributed by atoms with Crippen LogP contribution in [0.1, 0.15) is 22.5 Å². The predicted molar refractivity (Wildman–Crippen MR) is 97.6 cm³/mol. The van der Waals surface area contributed by atoms with E-state index >= 15 is 0 Å². The number of amides is 1. The zero-order valence-electron chi connectivity index (χ0n) is 15.3. The normalized spacial score (nSPS) is 24.0. The number of rotatable bonds is 4. The molecule has 2 aliphatic rings. The van der Waals surface area contributed by atoms with Gasteiger partial charge in [0.2, 0.25) is 15.8 Å². The van der Waals surface area contributed by atoms with E-state index in [0.29, 0.717) is 37.5 Å². The zero-order valence-corrected chi connectivity index (χ0v) is 16.1. The number of fused-ring (bicyclic) bond motifs is 2. The van der Waals surface area contributed by atoms with Crippen molar-refractivity contribution in [3.63, 3.8) is 0 Å². The Bertz CT molecular complexity index is 958. The van der Waals surface area contributed by atoms with Crippen LogP contribution in [0.2, 0.25) is 0 Å². The summed E-state index contributed by atoms with van der Waals surface area (Å²) >= 11 is 0. The second kappa shape index (κ2) is 6.43. The number of likely N-dealkylation sites (tertiary alicyclic amines) is 1. The summed E-state index contributed by atoms with van der Waals surface area (Å²) in [5.41, 5.74) is 0.0397. The second-order valence-corrected chi connectivity index (χ2v) is 9.09. The summed E-state index contributed by atoms with van der Waals surface area (Å²) < 4.78 is 33.1. The van der Waals surface area contributed by atoms with Gasteiger partial charge < -0.3 is 14.3 Å². The summed E-state index contributed by atoms with van der Waals surface area (Å²) in [7, 11) is 0.223. The Labute approximate surface area is 158 Å². The number of benzene rings is 1. The number of hydrogen-bond donors (Lipinski definition) is 0. The average Bonchev–Trinajstić information content (AvgIpc) is 3.34. The largest absolute Gasteiger partial charge is 0.351 e. The first-order valence-corrected chi connectivity index (χ1v) is 10.3. The van der Waals surface area contributed by atoms with E-state index in [1.54, 1.807) is 21.3 Å². The third-order valence-electron chi connectivity index (χ3n) is 5.37. The molecule has 2 aliphatic heterocycles. The number of hydrogen-bond acceptors (Lipinski definition) is 6. The van der Waals surface area contributed by atoms with Crippen molar-refractivity contribution in [2.75, 3.05) is 40.3 Å². The van der Waals surface area contributed by atoms with Gasteiger partial charge in [0.05, 0.1) is 16.6 Å². The summed E-state index contributed by atoms with van der Waals surface area (Å²) in [5, 5.41) is 3.59. The Kier molecular flexibility index (Phi) is 4.32. The van der Waals surface area contributed by atoms with Crippen molar-refractivity contribution in [2.24, 2.45) is 0 Å². The van der Waals surface area contributed by atoms with Gasteiger partial charge in [-0.25, -0.2) is 8.42 Å². The maximum absolute atomic E-state index is 13.2. The first kappa shape index (κ1) is 18.1. The lowest BCUT2D eigenvalue weighted by molar-refractivity contribution is 0.0721. The number of aromatic nitrogens is 1. The van der Waals surface area contributed by atoms with Crippen LogP contribution in [0.5, 0.6) is 0 Å². The van der Waals surface area contributed by atoms with Gasteiger partial charge in [0.25, 0.3) is 5.91 Å². The Morgan fingerprint density at radius 3 is 2.78 bits per heavy atom. The molecular weight excluding hydrogens is 368 g/mol. The number of sulfonamides is 1. The van der Waals surface area contributed by atoms with Crippen LogP contribution in [0.4, 0.5) is 0 Å². The van der Waals surface area contributed by atoms with Crippen molar-refractivity contribution in [1.82, 2.24) is 19.3 Å². The highest BCUT2D eigenvalue weighted by molar-refractivity contribution is 7.89. The molecule has 2 aromatic rings. The van der Waals surface area contributed by atoms with E-state index in [-0.39, 0.29) is 11.7 Å². The summed E-state index contributed by atoms with van der Waals surface area (Å²) in [6.45, 7) is 1.73. The molecule has 27 heavy (non-hydrogen) atoms. The van der Waals surface area contributed by atoms with E-state index in [9.17, 15) is 13.2 Å². The molecule has 9 heteroatoms. The van der Waals surface area contributed by atoms with Crippen LogP contribution in [0.3, 0.4) is 0 Å². The molecule has 1 aromatic heterocycles. The molecule has 144 valence electrons. The van der Waals surface area contributed by atoms with Gasteiger partial charge in [0, 0.05) is 32.2 Å². The summed E-state index contributed by atoms with van der Waals surface area (Å²) in [6, 6.07) is 8.64. The van der Waals surface area contributed by atoms with Gasteiger partial charge in [-0.2, -0.15) is 4.31 Å². The molecule has 0 bridgehead atoms. The smallest absolute Gasteiger partial charge is 0.292 e. The Morgan fingerprint density at radius 2 is 2.07 bits per heavy atom. The quantitative estimate of drug-likeness (QED) is 0.774. The van der Waals surface area contributed by atoms with Crippen LogP contribution < -0.4 is 0 Å². The molecule has 1 fully saturated rings. The predicted octanol–water partition coefficient (Wildman–Crippen LogP) is 0.982. The van der Waals surface area contributed by atoms with E-state index in [1.165, 1.54) is 12.3 Å². The number of likely N-dealkylation sites (N-methyl/N-ethyl adjacent to an activating group) is 1. The third kappa shape index (κ3) is 2.77. The van der Waals surface area contributed by atoms with Gasteiger partial charge >= 0.3 is 0 Å². The minimum atomic E-state index is -3.60. The first-order chi connectivity index (χ1) is 12.9. The lowest BCUT2D eigenvalue weighted by Gasteiger charge is -2.34. The van der Waals surface area contributed by atoms with Crippen LogP contribution in [0, 0.1) is 0 Å². The molecule has 8 nitrogen and oxygen atoms in total. The van der Waals surface area contributed by atoms with Gasteiger partial charge in [-0.15, -0.1) is 0 Å². The SMILES string of the molecule is CN(C)CCN1C2(CCN(C(=O)c3ccno3)C2)c2ccccc2S1(=O)=O. The topological polar surface area (TPSA) is 87.0 Å². The second-order valence-electron chi connectivity index (χ2n) is 7.26. The Morgan fingerprint density at radius 1 is 1.30 bits per heavy atom. The van der Waals surface area contributed by atoms with Crippen molar-refractivity contribution in [2.45, 2.75) is 16.9 Å². The highest BCUT2D eigenvalue weighted by Crippen LogP contribution is 2.49. The van der Waals surface area contributed by atoms with Crippen LogP contribution in [0.15, 0.2) is 45.9 Å². The van der Waals surface area contributed by atoms with Crippen molar-refractivity contribution in [3.8, 4) is 0 Å². The van der Waals surface area contributed by atoms with Crippen LogP contribution >= 0.6 is 0 Å². The molecule has 1 saturated heterocycles.